The summed E-state index contributed by atoms with van der Waals surface area (Å²) in [4.78, 5) is 11.9. The lowest BCUT2D eigenvalue weighted by molar-refractivity contribution is 0.0450. The molecule has 0 spiro atoms. The standard InChI is InChI=1S/C20H24O4/c1-2-3-7-14-22-19-12-10-17(11-13-19)20(21)24-16-15-23-18-8-5-4-6-9-18/h4-6,8-13H,2-3,7,14-16H2,1H3. The Bertz CT molecular complexity index is 593. The van der Waals surface area contributed by atoms with E-state index in [1.807, 2.05) is 30.3 Å². The monoisotopic (exact) mass is 328 g/mol. The van der Waals surface area contributed by atoms with Gasteiger partial charge in [0, 0.05) is 0 Å². The fraction of sp³-hybridized carbons (Fsp3) is 0.350. The van der Waals surface area contributed by atoms with Crippen LogP contribution in [0.25, 0.3) is 0 Å². The third-order valence-corrected chi connectivity index (χ3v) is 3.44. The number of unbranched alkanes of at least 4 members (excludes halogenated alkanes) is 2. The number of esters is 1. The number of hydrogen-bond donors (Lipinski definition) is 0. The molecular weight excluding hydrogens is 304 g/mol. The Kier molecular flexibility index (Phi) is 7.68. The minimum absolute atomic E-state index is 0.211. The molecule has 0 amide bonds. The molecule has 0 fully saturated rings. The molecule has 4 nitrogen and oxygen atoms in total. The van der Waals surface area contributed by atoms with Crippen molar-refractivity contribution >= 4 is 5.97 Å². The molecule has 0 unspecified atom stereocenters. The molecule has 24 heavy (non-hydrogen) atoms. The average Bonchev–Trinajstić information content (AvgIpc) is 2.63. The van der Waals surface area contributed by atoms with Crippen LogP contribution in [0.2, 0.25) is 0 Å². The van der Waals surface area contributed by atoms with Gasteiger partial charge in [-0.3, -0.25) is 0 Å². The van der Waals surface area contributed by atoms with Crippen molar-refractivity contribution in [3.63, 3.8) is 0 Å². The van der Waals surface area contributed by atoms with Gasteiger partial charge in [0.1, 0.15) is 24.7 Å². The van der Waals surface area contributed by atoms with E-state index in [4.69, 9.17) is 14.2 Å². The van der Waals surface area contributed by atoms with Crippen LogP contribution in [0.3, 0.4) is 0 Å². The second-order valence-electron chi connectivity index (χ2n) is 5.38. The lowest BCUT2D eigenvalue weighted by Gasteiger charge is -2.08. The quantitative estimate of drug-likeness (QED) is 0.476. The van der Waals surface area contributed by atoms with Gasteiger partial charge in [0.2, 0.25) is 0 Å². The van der Waals surface area contributed by atoms with E-state index in [9.17, 15) is 4.79 Å². The molecule has 0 aliphatic heterocycles. The number of carbonyl (C=O) groups excluding carboxylic acids is 1. The molecule has 2 aromatic carbocycles. The zero-order valence-electron chi connectivity index (χ0n) is 14.1. The fourth-order valence-electron chi connectivity index (χ4n) is 2.12. The molecular formula is C20H24O4. The van der Waals surface area contributed by atoms with E-state index >= 15 is 0 Å². The van der Waals surface area contributed by atoms with Gasteiger partial charge in [0.05, 0.1) is 12.2 Å². The van der Waals surface area contributed by atoms with E-state index < -0.39 is 0 Å². The highest BCUT2D eigenvalue weighted by atomic mass is 16.6. The van der Waals surface area contributed by atoms with Crippen LogP contribution in [0.4, 0.5) is 0 Å². The Morgan fingerprint density at radius 1 is 0.792 bits per heavy atom. The summed E-state index contributed by atoms with van der Waals surface area (Å²) in [5.74, 6) is 1.18. The number of carbonyl (C=O) groups is 1. The van der Waals surface area contributed by atoms with Gasteiger partial charge < -0.3 is 14.2 Å². The summed E-state index contributed by atoms with van der Waals surface area (Å²) >= 11 is 0. The summed E-state index contributed by atoms with van der Waals surface area (Å²) in [5.41, 5.74) is 0.510. The predicted molar refractivity (Wildman–Crippen MR) is 93.7 cm³/mol. The lowest BCUT2D eigenvalue weighted by Crippen LogP contribution is -2.12. The zero-order chi connectivity index (χ0) is 17.0. The predicted octanol–water partition coefficient (Wildman–Crippen LogP) is 4.49. The van der Waals surface area contributed by atoms with Crippen LogP contribution in [0.15, 0.2) is 54.6 Å². The van der Waals surface area contributed by atoms with Crippen LogP contribution in [-0.2, 0) is 4.74 Å². The number of hydrogen-bond acceptors (Lipinski definition) is 4. The smallest absolute Gasteiger partial charge is 0.338 e. The van der Waals surface area contributed by atoms with Gasteiger partial charge >= 0.3 is 5.97 Å². The Morgan fingerprint density at radius 3 is 2.17 bits per heavy atom. The third kappa shape index (κ3) is 6.32. The number of benzene rings is 2. The minimum atomic E-state index is -0.357. The van der Waals surface area contributed by atoms with Gasteiger partial charge in [-0.05, 0) is 42.8 Å². The number of ether oxygens (including phenoxy) is 3. The second-order valence-corrected chi connectivity index (χ2v) is 5.38. The maximum atomic E-state index is 11.9. The maximum absolute atomic E-state index is 11.9. The summed E-state index contributed by atoms with van der Waals surface area (Å²) in [5, 5.41) is 0. The van der Waals surface area contributed by atoms with E-state index in [0.29, 0.717) is 18.8 Å². The fourth-order valence-corrected chi connectivity index (χ4v) is 2.12. The summed E-state index contributed by atoms with van der Waals surface area (Å²) in [6.07, 6.45) is 3.37. The Balaban J connectivity index is 1.68. The first-order chi connectivity index (χ1) is 11.8. The first-order valence-electron chi connectivity index (χ1n) is 8.37. The van der Waals surface area contributed by atoms with Crippen LogP contribution < -0.4 is 9.47 Å². The van der Waals surface area contributed by atoms with E-state index in [-0.39, 0.29) is 12.6 Å². The molecule has 0 radical (unpaired) electrons. The highest BCUT2D eigenvalue weighted by Gasteiger charge is 2.07. The highest BCUT2D eigenvalue weighted by molar-refractivity contribution is 5.89. The van der Waals surface area contributed by atoms with E-state index in [1.165, 1.54) is 6.42 Å². The van der Waals surface area contributed by atoms with Crippen molar-refractivity contribution < 1.29 is 19.0 Å². The Morgan fingerprint density at radius 2 is 1.46 bits per heavy atom. The molecule has 0 aliphatic rings. The van der Waals surface area contributed by atoms with E-state index in [1.54, 1.807) is 24.3 Å². The summed E-state index contributed by atoms with van der Waals surface area (Å²) in [6, 6.07) is 16.5. The van der Waals surface area contributed by atoms with Gasteiger partial charge in [-0.2, -0.15) is 0 Å². The van der Waals surface area contributed by atoms with Crippen molar-refractivity contribution in [2.24, 2.45) is 0 Å². The van der Waals surface area contributed by atoms with Gasteiger partial charge in [-0.15, -0.1) is 0 Å². The number of para-hydroxylation sites is 1. The third-order valence-electron chi connectivity index (χ3n) is 3.44. The molecule has 4 heteroatoms. The van der Waals surface area contributed by atoms with E-state index in [0.717, 1.165) is 24.3 Å². The molecule has 0 atom stereocenters. The van der Waals surface area contributed by atoms with Gasteiger partial charge in [-0.25, -0.2) is 4.79 Å². The van der Waals surface area contributed by atoms with Crippen molar-refractivity contribution in [1.29, 1.82) is 0 Å². The lowest BCUT2D eigenvalue weighted by atomic mass is 10.2. The van der Waals surface area contributed by atoms with Gasteiger partial charge in [-0.1, -0.05) is 38.0 Å². The second kappa shape index (κ2) is 10.3. The maximum Gasteiger partial charge on any atom is 0.338 e. The molecule has 0 saturated heterocycles. The average molecular weight is 328 g/mol. The molecule has 0 aliphatic carbocycles. The van der Waals surface area contributed by atoms with Crippen molar-refractivity contribution in [1.82, 2.24) is 0 Å². The van der Waals surface area contributed by atoms with Crippen LogP contribution in [-0.4, -0.2) is 25.8 Å². The van der Waals surface area contributed by atoms with Gasteiger partial charge in [0.25, 0.3) is 0 Å². The van der Waals surface area contributed by atoms with E-state index in [2.05, 4.69) is 6.92 Å². The zero-order valence-corrected chi connectivity index (χ0v) is 14.1. The van der Waals surface area contributed by atoms with Crippen molar-refractivity contribution in [2.45, 2.75) is 26.2 Å². The van der Waals surface area contributed by atoms with Crippen LogP contribution in [0.5, 0.6) is 11.5 Å². The van der Waals surface area contributed by atoms with Crippen LogP contribution in [0.1, 0.15) is 36.5 Å². The minimum Gasteiger partial charge on any atom is -0.494 e. The van der Waals surface area contributed by atoms with Crippen LogP contribution in [0, 0.1) is 0 Å². The normalized spacial score (nSPS) is 10.2. The molecule has 2 rings (SSSR count). The molecule has 2 aromatic rings. The van der Waals surface area contributed by atoms with Crippen molar-refractivity contribution in [3.8, 4) is 11.5 Å². The molecule has 0 N–H and O–H groups in total. The first kappa shape index (κ1) is 17.9. The highest BCUT2D eigenvalue weighted by Crippen LogP contribution is 2.14. The Labute approximate surface area is 143 Å². The molecule has 0 saturated carbocycles. The van der Waals surface area contributed by atoms with Gasteiger partial charge in [0.15, 0.2) is 0 Å². The number of rotatable bonds is 10. The van der Waals surface area contributed by atoms with Crippen molar-refractivity contribution in [3.05, 3.63) is 60.2 Å². The van der Waals surface area contributed by atoms with Crippen molar-refractivity contribution in [2.75, 3.05) is 19.8 Å². The SMILES string of the molecule is CCCCCOc1ccc(C(=O)OCCOc2ccccc2)cc1. The molecule has 0 aromatic heterocycles. The molecule has 128 valence electrons. The molecule has 0 heterocycles. The summed E-state index contributed by atoms with van der Waals surface area (Å²) in [7, 11) is 0. The summed E-state index contributed by atoms with van der Waals surface area (Å²) < 4.78 is 16.3. The topological polar surface area (TPSA) is 44.8 Å². The van der Waals surface area contributed by atoms with Crippen LogP contribution >= 0.6 is 0 Å². The largest absolute Gasteiger partial charge is 0.494 e. The Hall–Kier alpha value is -2.49. The first-order valence-corrected chi connectivity index (χ1v) is 8.37. The summed E-state index contributed by atoms with van der Waals surface area (Å²) in [6.45, 7) is 3.40. The molecule has 0 bridgehead atoms.